The van der Waals surface area contributed by atoms with E-state index in [1.165, 1.54) is 0 Å². The number of ether oxygens (including phenoxy) is 2. The second kappa shape index (κ2) is 7.36. The van der Waals surface area contributed by atoms with Gasteiger partial charge in [0.15, 0.2) is 11.5 Å². The summed E-state index contributed by atoms with van der Waals surface area (Å²) >= 11 is 6.33. The lowest BCUT2D eigenvalue weighted by Gasteiger charge is -2.51. The minimum atomic E-state index is -0.445. The van der Waals surface area contributed by atoms with Gasteiger partial charge in [0.2, 0.25) is 5.72 Å². The van der Waals surface area contributed by atoms with Crippen molar-refractivity contribution in [3.63, 3.8) is 0 Å². The molecule has 0 aromatic heterocycles. The van der Waals surface area contributed by atoms with Crippen LogP contribution in [0, 0.1) is 0 Å². The second-order valence-corrected chi connectivity index (χ2v) is 8.60. The predicted molar refractivity (Wildman–Crippen MR) is 117 cm³/mol. The van der Waals surface area contributed by atoms with Gasteiger partial charge in [-0.25, -0.2) is 5.01 Å². The van der Waals surface area contributed by atoms with Gasteiger partial charge >= 0.3 is 0 Å². The van der Waals surface area contributed by atoms with Gasteiger partial charge in [0.1, 0.15) is 5.75 Å². The number of nitrogens with zero attached hydrogens (tertiary/aromatic N) is 3. The largest absolute Gasteiger partial charge is 0.504 e. The Labute approximate surface area is 181 Å². The summed E-state index contributed by atoms with van der Waals surface area (Å²) in [6.07, 6.45) is 2.55. The van der Waals surface area contributed by atoms with Crippen LogP contribution >= 0.6 is 11.6 Å². The first kappa shape index (κ1) is 19.5. The molecule has 1 saturated heterocycles. The highest BCUT2D eigenvalue weighted by Gasteiger charge is 2.51. The van der Waals surface area contributed by atoms with Crippen molar-refractivity contribution in [2.24, 2.45) is 5.10 Å². The Morgan fingerprint density at radius 1 is 1.23 bits per heavy atom. The van der Waals surface area contributed by atoms with Gasteiger partial charge in [-0.05, 0) is 42.9 Å². The molecule has 0 radical (unpaired) electrons. The van der Waals surface area contributed by atoms with E-state index in [2.05, 4.69) is 16.8 Å². The molecule has 1 spiro atoms. The second-order valence-electron chi connectivity index (χ2n) is 8.16. The van der Waals surface area contributed by atoms with E-state index in [1.54, 1.807) is 13.2 Å². The normalized spacial score (nSPS) is 22.3. The molecule has 30 heavy (non-hydrogen) atoms. The van der Waals surface area contributed by atoms with Crippen LogP contribution in [0.15, 0.2) is 41.5 Å². The molecule has 3 aliphatic rings. The van der Waals surface area contributed by atoms with E-state index in [9.17, 15) is 5.11 Å². The molecule has 1 fully saturated rings. The number of halogens is 1. The lowest BCUT2D eigenvalue weighted by molar-refractivity contribution is -0.149. The molecule has 3 aliphatic heterocycles. The Bertz CT molecular complexity index is 1000. The number of phenolic OH excluding ortho intramolecular Hbond substituents is 1. The molecular formula is C23H26ClN3O3. The quantitative estimate of drug-likeness (QED) is 0.786. The van der Waals surface area contributed by atoms with E-state index < -0.39 is 5.72 Å². The van der Waals surface area contributed by atoms with Gasteiger partial charge in [-0.3, -0.25) is 0 Å². The highest BCUT2D eigenvalue weighted by atomic mass is 35.5. The molecule has 2 aromatic carbocycles. The lowest BCUT2D eigenvalue weighted by Crippen LogP contribution is -2.59. The van der Waals surface area contributed by atoms with Crippen LogP contribution < -0.4 is 9.47 Å². The van der Waals surface area contributed by atoms with Crippen molar-refractivity contribution in [3.8, 4) is 17.2 Å². The summed E-state index contributed by atoms with van der Waals surface area (Å²) in [5, 5.41) is 17.9. The number of likely N-dealkylation sites (tertiary alicyclic amines) is 1. The highest BCUT2D eigenvalue weighted by molar-refractivity contribution is 6.30. The first-order valence-corrected chi connectivity index (χ1v) is 10.9. The third kappa shape index (κ3) is 3.10. The van der Waals surface area contributed by atoms with Crippen molar-refractivity contribution in [3.05, 3.63) is 52.5 Å². The highest BCUT2D eigenvalue weighted by Crippen LogP contribution is 2.50. The Balaban J connectivity index is 1.56. The summed E-state index contributed by atoms with van der Waals surface area (Å²) in [6.45, 7) is 5.22. The summed E-state index contributed by atoms with van der Waals surface area (Å²) in [4.78, 5) is 2.45. The average molecular weight is 428 g/mol. The van der Waals surface area contributed by atoms with E-state index in [4.69, 9.17) is 26.2 Å². The van der Waals surface area contributed by atoms with Gasteiger partial charge in [-0.2, -0.15) is 5.10 Å². The number of piperidine rings is 1. The van der Waals surface area contributed by atoms with Gasteiger partial charge in [-0.1, -0.05) is 18.5 Å². The SMILES string of the molecule is CCN1CCC2(CC1)Oc1ccc(Cl)cc1C1CC(c3ccc(O)c(OC)c3)=NN12. The summed E-state index contributed by atoms with van der Waals surface area (Å²) < 4.78 is 11.9. The number of hydrazone groups is 1. The van der Waals surface area contributed by atoms with Gasteiger partial charge in [0.25, 0.3) is 0 Å². The maximum Gasteiger partial charge on any atom is 0.200 e. The van der Waals surface area contributed by atoms with E-state index in [0.29, 0.717) is 10.8 Å². The summed E-state index contributed by atoms with van der Waals surface area (Å²) in [5.41, 5.74) is 2.55. The monoisotopic (exact) mass is 427 g/mol. The fourth-order valence-electron chi connectivity index (χ4n) is 4.83. The minimum Gasteiger partial charge on any atom is -0.504 e. The molecular weight excluding hydrogens is 402 g/mol. The van der Waals surface area contributed by atoms with E-state index in [0.717, 1.165) is 61.5 Å². The van der Waals surface area contributed by atoms with Crippen LogP contribution in [0.4, 0.5) is 0 Å². The molecule has 0 bridgehead atoms. The minimum absolute atomic E-state index is 0.0791. The van der Waals surface area contributed by atoms with Crippen LogP contribution in [-0.2, 0) is 0 Å². The number of aromatic hydroxyl groups is 1. The van der Waals surface area contributed by atoms with Crippen molar-refractivity contribution in [2.75, 3.05) is 26.7 Å². The molecule has 3 heterocycles. The standard InChI is InChI=1S/C23H26ClN3O3/c1-3-26-10-8-23(9-11-26)27-19(17-13-16(24)5-7-21(17)30-23)14-18(25-27)15-4-6-20(28)22(12-15)29-2/h4-7,12-13,19,28H,3,8-11,14H2,1-2H3. The van der Waals surface area contributed by atoms with Crippen molar-refractivity contribution >= 4 is 17.3 Å². The fraction of sp³-hybridized carbons (Fsp3) is 0.435. The molecule has 1 N–H and O–H groups in total. The zero-order valence-corrected chi connectivity index (χ0v) is 18.0. The zero-order valence-electron chi connectivity index (χ0n) is 17.3. The van der Waals surface area contributed by atoms with E-state index in [-0.39, 0.29) is 11.8 Å². The first-order chi connectivity index (χ1) is 14.5. The van der Waals surface area contributed by atoms with Gasteiger partial charge < -0.3 is 19.5 Å². The lowest BCUT2D eigenvalue weighted by atomic mass is 9.90. The van der Waals surface area contributed by atoms with Crippen molar-refractivity contribution in [2.45, 2.75) is 38.0 Å². The van der Waals surface area contributed by atoms with Crippen molar-refractivity contribution < 1.29 is 14.6 Å². The third-order valence-electron chi connectivity index (χ3n) is 6.56. The Morgan fingerprint density at radius 3 is 2.77 bits per heavy atom. The first-order valence-electron chi connectivity index (χ1n) is 10.5. The van der Waals surface area contributed by atoms with Gasteiger partial charge in [0, 0.05) is 48.5 Å². The number of hydrogen-bond donors (Lipinski definition) is 1. The molecule has 6 nitrogen and oxygen atoms in total. The van der Waals surface area contributed by atoms with Gasteiger partial charge in [-0.15, -0.1) is 0 Å². The number of benzene rings is 2. The number of phenols is 1. The topological polar surface area (TPSA) is 57.5 Å². The summed E-state index contributed by atoms with van der Waals surface area (Å²) in [7, 11) is 1.56. The molecule has 158 valence electrons. The van der Waals surface area contributed by atoms with Crippen LogP contribution in [0.2, 0.25) is 5.02 Å². The van der Waals surface area contributed by atoms with Crippen LogP contribution in [0.5, 0.6) is 17.2 Å². The number of fused-ring (bicyclic) bond motifs is 4. The van der Waals surface area contributed by atoms with Gasteiger partial charge in [0.05, 0.1) is 18.9 Å². The third-order valence-corrected chi connectivity index (χ3v) is 6.79. The Morgan fingerprint density at radius 2 is 2.03 bits per heavy atom. The molecule has 0 aliphatic carbocycles. The summed E-state index contributed by atoms with van der Waals surface area (Å²) in [5.74, 6) is 1.48. The molecule has 0 saturated carbocycles. The Hall–Kier alpha value is -2.44. The maximum absolute atomic E-state index is 9.98. The van der Waals surface area contributed by atoms with Crippen LogP contribution in [-0.4, -0.2) is 53.2 Å². The Kier molecular flexibility index (Phi) is 4.79. The van der Waals surface area contributed by atoms with Crippen LogP contribution in [0.25, 0.3) is 0 Å². The number of methoxy groups -OCH3 is 1. The van der Waals surface area contributed by atoms with E-state index >= 15 is 0 Å². The number of rotatable bonds is 3. The smallest absolute Gasteiger partial charge is 0.200 e. The maximum atomic E-state index is 9.98. The summed E-state index contributed by atoms with van der Waals surface area (Å²) in [6, 6.07) is 11.4. The van der Waals surface area contributed by atoms with Crippen molar-refractivity contribution in [1.82, 2.24) is 9.91 Å². The molecule has 1 unspecified atom stereocenters. The van der Waals surface area contributed by atoms with Crippen LogP contribution in [0.1, 0.15) is 43.4 Å². The average Bonchev–Trinajstić information content (AvgIpc) is 3.22. The molecule has 7 heteroatoms. The van der Waals surface area contributed by atoms with Crippen molar-refractivity contribution in [1.29, 1.82) is 0 Å². The zero-order chi connectivity index (χ0) is 20.9. The van der Waals surface area contributed by atoms with E-state index in [1.807, 2.05) is 30.3 Å². The molecule has 1 atom stereocenters. The fourth-order valence-corrected chi connectivity index (χ4v) is 5.01. The molecule has 5 rings (SSSR count). The molecule has 0 amide bonds. The predicted octanol–water partition coefficient (Wildman–Crippen LogP) is 4.41. The number of hydrogen-bond acceptors (Lipinski definition) is 6. The van der Waals surface area contributed by atoms with Crippen LogP contribution in [0.3, 0.4) is 0 Å². The molecule has 2 aromatic rings.